The van der Waals surface area contributed by atoms with Gasteiger partial charge in [-0.05, 0) is 25.8 Å². The molecule has 1 saturated carbocycles. The molecule has 138 valence electrons. The van der Waals surface area contributed by atoms with E-state index in [4.69, 9.17) is 5.73 Å². The summed E-state index contributed by atoms with van der Waals surface area (Å²) in [6.07, 6.45) is 5.22. The molecule has 7 nitrogen and oxygen atoms in total. The van der Waals surface area contributed by atoms with Gasteiger partial charge in [0.2, 0.25) is 11.8 Å². The van der Waals surface area contributed by atoms with Gasteiger partial charge in [-0.15, -0.1) is 0 Å². The summed E-state index contributed by atoms with van der Waals surface area (Å²) in [7, 11) is 0. The van der Waals surface area contributed by atoms with Crippen molar-refractivity contribution >= 4 is 28.4 Å². The molecule has 0 radical (unpaired) electrons. The number of hydrogen-bond donors (Lipinski definition) is 4. The number of pyridine rings is 1. The number of fused-ring (bicyclic) bond motifs is 1. The third-order valence-corrected chi connectivity index (χ3v) is 4.70. The lowest BCUT2D eigenvalue weighted by Gasteiger charge is -2.24. The number of benzene rings is 1. The Hall–Kier alpha value is -2.67. The summed E-state index contributed by atoms with van der Waals surface area (Å²) in [6, 6.07) is 6.34. The number of aromatic nitrogens is 1. The van der Waals surface area contributed by atoms with Crippen molar-refractivity contribution in [3.63, 3.8) is 0 Å². The van der Waals surface area contributed by atoms with Gasteiger partial charge in [0.15, 0.2) is 0 Å². The van der Waals surface area contributed by atoms with Gasteiger partial charge in [-0.3, -0.25) is 9.59 Å². The van der Waals surface area contributed by atoms with Gasteiger partial charge in [0.1, 0.15) is 5.69 Å². The number of para-hydroxylation sites is 1. The van der Waals surface area contributed by atoms with Gasteiger partial charge in [0, 0.05) is 11.4 Å². The van der Waals surface area contributed by atoms with Crippen molar-refractivity contribution in [3.8, 4) is 5.88 Å². The first-order valence-electron chi connectivity index (χ1n) is 8.96. The van der Waals surface area contributed by atoms with Gasteiger partial charge in [0.25, 0.3) is 5.91 Å². The minimum absolute atomic E-state index is 0.000639. The first-order chi connectivity index (χ1) is 12.5. The number of rotatable bonds is 4. The number of carbonyl (C=O) groups is 2. The lowest BCUT2D eigenvalue weighted by molar-refractivity contribution is -0.117. The molecule has 0 aliphatic heterocycles. The van der Waals surface area contributed by atoms with E-state index in [9.17, 15) is 14.7 Å². The minimum Gasteiger partial charge on any atom is -0.492 e. The molecule has 2 amide bonds. The molecule has 1 unspecified atom stereocenters. The number of amides is 2. The van der Waals surface area contributed by atoms with E-state index in [0.29, 0.717) is 10.9 Å². The monoisotopic (exact) mass is 356 g/mol. The SMILES string of the molecule is CC(N)C(=O)Nc1c(O)nc2ccccc2c1C(=O)NC1CCCCC1. The van der Waals surface area contributed by atoms with Crippen molar-refractivity contribution in [1.82, 2.24) is 10.3 Å². The average molecular weight is 356 g/mol. The Labute approximate surface area is 152 Å². The van der Waals surface area contributed by atoms with Gasteiger partial charge in [-0.25, -0.2) is 4.98 Å². The minimum atomic E-state index is -0.782. The largest absolute Gasteiger partial charge is 0.492 e. The molecule has 0 bridgehead atoms. The Morgan fingerprint density at radius 3 is 2.62 bits per heavy atom. The van der Waals surface area contributed by atoms with Crippen LogP contribution in [0.25, 0.3) is 10.9 Å². The van der Waals surface area contributed by atoms with Crippen molar-refractivity contribution in [3.05, 3.63) is 29.8 Å². The van der Waals surface area contributed by atoms with E-state index in [1.54, 1.807) is 24.3 Å². The number of anilines is 1. The second-order valence-electron chi connectivity index (χ2n) is 6.79. The molecule has 2 aromatic rings. The average Bonchev–Trinajstić information content (AvgIpc) is 2.62. The van der Waals surface area contributed by atoms with Crippen LogP contribution >= 0.6 is 0 Å². The van der Waals surface area contributed by atoms with Gasteiger partial charge in [0.05, 0.1) is 17.1 Å². The Morgan fingerprint density at radius 1 is 1.23 bits per heavy atom. The second kappa shape index (κ2) is 7.70. The van der Waals surface area contributed by atoms with Crippen LogP contribution in [0.15, 0.2) is 24.3 Å². The zero-order chi connectivity index (χ0) is 18.7. The molecule has 3 rings (SSSR count). The third-order valence-electron chi connectivity index (χ3n) is 4.70. The number of nitrogens with two attached hydrogens (primary N) is 1. The Balaban J connectivity index is 2.04. The molecule has 26 heavy (non-hydrogen) atoms. The molecule has 1 aliphatic rings. The van der Waals surface area contributed by atoms with Crippen LogP contribution in [0, 0.1) is 0 Å². The van der Waals surface area contributed by atoms with Crippen LogP contribution in [0.4, 0.5) is 5.69 Å². The van der Waals surface area contributed by atoms with Crippen LogP contribution in [0.3, 0.4) is 0 Å². The van der Waals surface area contributed by atoms with Crippen molar-refractivity contribution in [2.75, 3.05) is 5.32 Å². The van der Waals surface area contributed by atoms with Crippen molar-refractivity contribution in [2.24, 2.45) is 5.73 Å². The molecule has 1 aliphatic carbocycles. The maximum atomic E-state index is 13.0. The van der Waals surface area contributed by atoms with Gasteiger partial charge < -0.3 is 21.5 Å². The Kier molecular flexibility index (Phi) is 5.37. The first kappa shape index (κ1) is 18.1. The zero-order valence-corrected chi connectivity index (χ0v) is 14.8. The standard InChI is InChI=1S/C19H24N4O3/c1-11(20)17(24)23-16-15(18(25)21-12-7-3-2-4-8-12)13-9-5-6-10-14(13)22-19(16)26/h5-6,9-12H,2-4,7-8,20H2,1H3,(H,21,25)(H,22,26)(H,23,24). The van der Waals surface area contributed by atoms with Crippen molar-refractivity contribution < 1.29 is 14.7 Å². The highest BCUT2D eigenvalue weighted by Gasteiger charge is 2.25. The Bertz CT molecular complexity index is 829. The summed E-state index contributed by atoms with van der Waals surface area (Å²) in [5.41, 5.74) is 6.31. The maximum absolute atomic E-state index is 13.0. The molecular weight excluding hydrogens is 332 g/mol. The highest BCUT2D eigenvalue weighted by atomic mass is 16.3. The fourth-order valence-electron chi connectivity index (χ4n) is 3.29. The molecule has 5 N–H and O–H groups in total. The summed E-state index contributed by atoms with van der Waals surface area (Å²) in [6.45, 7) is 1.53. The van der Waals surface area contributed by atoms with E-state index >= 15 is 0 Å². The van der Waals surface area contributed by atoms with E-state index in [-0.39, 0.29) is 23.2 Å². The smallest absolute Gasteiger partial charge is 0.254 e. The number of aromatic hydroxyl groups is 1. The molecule has 1 heterocycles. The molecule has 0 saturated heterocycles. The van der Waals surface area contributed by atoms with E-state index in [0.717, 1.165) is 25.7 Å². The highest BCUT2D eigenvalue weighted by Crippen LogP contribution is 2.32. The van der Waals surface area contributed by atoms with Crippen LogP contribution in [0.2, 0.25) is 0 Å². The number of carbonyl (C=O) groups excluding carboxylic acids is 2. The van der Waals surface area contributed by atoms with Gasteiger partial charge in [-0.1, -0.05) is 37.5 Å². The predicted octanol–water partition coefficient (Wildman–Crippen LogP) is 2.29. The summed E-state index contributed by atoms with van der Waals surface area (Å²) >= 11 is 0. The molecule has 1 atom stereocenters. The summed E-state index contributed by atoms with van der Waals surface area (Å²) < 4.78 is 0. The van der Waals surface area contributed by atoms with Crippen LogP contribution in [-0.2, 0) is 4.79 Å². The van der Waals surface area contributed by atoms with Crippen LogP contribution in [-0.4, -0.2) is 34.0 Å². The Morgan fingerprint density at radius 2 is 1.92 bits per heavy atom. The lowest BCUT2D eigenvalue weighted by Crippen LogP contribution is -2.37. The lowest BCUT2D eigenvalue weighted by atomic mass is 9.95. The fraction of sp³-hybridized carbons (Fsp3) is 0.421. The van der Waals surface area contributed by atoms with E-state index < -0.39 is 17.8 Å². The number of nitrogens with zero attached hydrogens (tertiary/aromatic N) is 1. The van der Waals surface area contributed by atoms with E-state index in [1.165, 1.54) is 13.3 Å². The fourth-order valence-corrected chi connectivity index (χ4v) is 3.29. The second-order valence-corrected chi connectivity index (χ2v) is 6.79. The molecular formula is C19H24N4O3. The normalized spacial score (nSPS) is 16.2. The predicted molar refractivity (Wildman–Crippen MR) is 100 cm³/mol. The van der Waals surface area contributed by atoms with Crippen molar-refractivity contribution in [1.29, 1.82) is 0 Å². The van der Waals surface area contributed by atoms with Crippen molar-refractivity contribution in [2.45, 2.75) is 51.1 Å². The topological polar surface area (TPSA) is 117 Å². The van der Waals surface area contributed by atoms with Gasteiger partial charge >= 0.3 is 0 Å². The molecule has 7 heteroatoms. The summed E-state index contributed by atoms with van der Waals surface area (Å²) in [5, 5.41) is 16.5. The quantitative estimate of drug-likeness (QED) is 0.670. The third kappa shape index (κ3) is 3.77. The molecule has 1 aromatic carbocycles. The zero-order valence-electron chi connectivity index (χ0n) is 14.8. The van der Waals surface area contributed by atoms with Gasteiger partial charge in [-0.2, -0.15) is 0 Å². The van der Waals surface area contributed by atoms with Crippen LogP contribution in [0.1, 0.15) is 49.4 Å². The van der Waals surface area contributed by atoms with Crippen LogP contribution in [0.5, 0.6) is 5.88 Å². The van der Waals surface area contributed by atoms with E-state index in [2.05, 4.69) is 15.6 Å². The number of hydrogen-bond acceptors (Lipinski definition) is 5. The maximum Gasteiger partial charge on any atom is 0.254 e. The summed E-state index contributed by atoms with van der Waals surface area (Å²) in [4.78, 5) is 29.2. The molecule has 1 fully saturated rings. The van der Waals surface area contributed by atoms with Crippen LogP contribution < -0.4 is 16.4 Å². The molecule has 1 aromatic heterocycles. The van der Waals surface area contributed by atoms with E-state index in [1.807, 2.05) is 0 Å². The first-order valence-corrected chi connectivity index (χ1v) is 8.96. The highest BCUT2D eigenvalue weighted by molar-refractivity contribution is 6.14. The summed E-state index contributed by atoms with van der Waals surface area (Å²) in [5.74, 6) is -1.22. The molecule has 0 spiro atoms. The number of nitrogens with one attached hydrogen (secondary N) is 2.